The number of aliphatic hydroxyl groups is 2. The average Bonchev–Trinajstić information content (AvgIpc) is 2.62. The van der Waals surface area contributed by atoms with Gasteiger partial charge in [-0.1, -0.05) is 24.3 Å². The molecule has 3 N–H and O–H groups in total. The van der Waals surface area contributed by atoms with Crippen LogP contribution >= 0.6 is 0 Å². The van der Waals surface area contributed by atoms with Crippen LogP contribution in [-0.4, -0.2) is 40.4 Å². The summed E-state index contributed by atoms with van der Waals surface area (Å²) in [5.41, 5.74) is 2.42. The monoisotopic (exact) mass is 344 g/mol. The second kappa shape index (κ2) is 9.15. The van der Waals surface area contributed by atoms with Crippen LogP contribution in [-0.2, 0) is 4.79 Å². The SMILES string of the molecule is Cc1cccc(C)c1OCCC(=O)N[C@@H](CO)[C@@H](O)c1ccccn1. The zero-order valence-electron chi connectivity index (χ0n) is 14.5. The number of aromatic nitrogens is 1. The molecule has 0 aliphatic heterocycles. The van der Waals surface area contributed by atoms with E-state index >= 15 is 0 Å². The lowest BCUT2D eigenvalue weighted by Gasteiger charge is -2.22. The summed E-state index contributed by atoms with van der Waals surface area (Å²) in [5, 5.41) is 22.3. The maximum absolute atomic E-state index is 12.1. The topological polar surface area (TPSA) is 91.7 Å². The molecule has 25 heavy (non-hydrogen) atoms. The van der Waals surface area contributed by atoms with Crippen molar-refractivity contribution in [1.82, 2.24) is 10.3 Å². The van der Waals surface area contributed by atoms with E-state index in [0.717, 1.165) is 16.9 Å². The van der Waals surface area contributed by atoms with Gasteiger partial charge >= 0.3 is 0 Å². The Morgan fingerprint density at radius 1 is 1.20 bits per heavy atom. The van der Waals surface area contributed by atoms with Crippen LogP contribution in [0.2, 0.25) is 0 Å². The second-order valence-electron chi connectivity index (χ2n) is 5.88. The van der Waals surface area contributed by atoms with Crippen molar-refractivity contribution in [3.05, 3.63) is 59.4 Å². The lowest BCUT2D eigenvalue weighted by molar-refractivity contribution is -0.123. The van der Waals surface area contributed by atoms with Crippen molar-refractivity contribution in [3.63, 3.8) is 0 Å². The van der Waals surface area contributed by atoms with Gasteiger partial charge < -0.3 is 20.3 Å². The molecule has 2 aromatic rings. The van der Waals surface area contributed by atoms with Crippen LogP contribution in [0.5, 0.6) is 5.75 Å². The van der Waals surface area contributed by atoms with E-state index in [4.69, 9.17) is 4.74 Å². The Bertz CT molecular complexity index is 671. The van der Waals surface area contributed by atoms with Gasteiger partial charge in [-0.2, -0.15) is 0 Å². The summed E-state index contributed by atoms with van der Waals surface area (Å²) < 4.78 is 5.70. The molecule has 0 fully saturated rings. The molecular weight excluding hydrogens is 320 g/mol. The number of amides is 1. The molecule has 0 saturated heterocycles. The minimum atomic E-state index is -1.07. The van der Waals surface area contributed by atoms with Crippen molar-refractivity contribution in [2.45, 2.75) is 32.4 Å². The number of para-hydroxylation sites is 1. The molecule has 134 valence electrons. The van der Waals surface area contributed by atoms with Gasteiger partial charge in [-0.15, -0.1) is 0 Å². The standard InChI is InChI=1S/C19H24N2O4/c1-13-6-5-7-14(2)19(13)25-11-9-17(23)21-16(12-22)18(24)15-8-3-4-10-20-15/h3-8,10,16,18,22,24H,9,11-12H2,1-2H3,(H,21,23)/t16-,18-/m0/s1. The highest BCUT2D eigenvalue weighted by Gasteiger charge is 2.23. The van der Waals surface area contributed by atoms with Crippen LogP contribution in [0.1, 0.15) is 29.3 Å². The maximum atomic E-state index is 12.1. The molecule has 1 aromatic heterocycles. The van der Waals surface area contributed by atoms with Crippen LogP contribution in [0.25, 0.3) is 0 Å². The Labute approximate surface area is 147 Å². The third-order valence-corrected chi connectivity index (χ3v) is 3.90. The van der Waals surface area contributed by atoms with E-state index in [-0.39, 0.29) is 25.5 Å². The molecule has 0 spiro atoms. The predicted octanol–water partition coefficient (Wildman–Crippen LogP) is 1.68. The number of carbonyl (C=O) groups is 1. The number of rotatable bonds is 8. The Kier molecular flexibility index (Phi) is 6.91. The first-order valence-electron chi connectivity index (χ1n) is 8.21. The summed E-state index contributed by atoms with van der Waals surface area (Å²) in [6, 6.07) is 10.1. The van der Waals surface area contributed by atoms with Crippen LogP contribution in [0, 0.1) is 13.8 Å². The number of pyridine rings is 1. The minimum Gasteiger partial charge on any atom is -0.493 e. The molecule has 0 bridgehead atoms. The molecule has 0 unspecified atom stereocenters. The zero-order valence-corrected chi connectivity index (χ0v) is 14.5. The molecular formula is C19H24N2O4. The lowest BCUT2D eigenvalue weighted by atomic mass is 10.1. The van der Waals surface area contributed by atoms with Gasteiger partial charge in [0, 0.05) is 6.20 Å². The predicted molar refractivity (Wildman–Crippen MR) is 94.2 cm³/mol. The molecule has 0 radical (unpaired) electrons. The van der Waals surface area contributed by atoms with Crippen molar-refractivity contribution in [2.75, 3.05) is 13.2 Å². The van der Waals surface area contributed by atoms with Gasteiger partial charge in [0.25, 0.3) is 0 Å². The van der Waals surface area contributed by atoms with Crippen molar-refractivity contribution in [3.8, 4) is 5.75 Å². The van der Waals surface area contributed by atoms with Gasteiger partial charge in [0.1, 0.15) is 11.9 Å². The smallest absolute Gasteiger partial charge is 0.223 e. The summed E-state index contributed by atoms with van der Waals surface area (Å²) in [6.45, 7) is 3.73. The van der Waals surface area contributed by atoms with Gasteiger partial charge in [-0.25, -0.2) is 0 Å². The Morgan fingerprint density at radius 2 is 1.92 bits per heavy atom. The fraction of sp³-hybridized carbons (Fsp3) is 0.368. The lowest BCUT2D eigenvalue weighted by Crippen LogP contribution is -2.42. The van der Waals surface area contributed by atoms with Crippen LogP contribution in [0.15, 0.2) is 42.6 Å². The maximum Gasteiger partial charge on any atom is 0.223 e. The number of nitrogens with zero attached hydrogens (tertiary/aromatic N) is 1. The number of nitrogens with one attached hydrogen (secondary N) is 1. The molecule has 1 heterocycles. The Balaban J connectivity index is 1.86. The zero-order chi connectivity index (χ0) is 18.2. The largest absolute Gasteiger partial charge is 0.493 e. The third-order valence-electron chi connectivity index (χ3n) is 3.90. The van der Waals surface area contributed by atoms with E-state index in [1.165, 1.54) is 0 Å². The molecule has 2 rings (SSSR count). The van der Waals surface area contributed by atoms with E-state index < -0.39 is 12.1 Å². The van der Waals surface area contributed by atoms with E-state index in [2.05, 4.69) is 10.3 Å². The van der Waals surface area contributed by atoms with Crippen LogP contribution < -0.4 is 10.1 Å². The number of benzene rings is 1. The Hall–Kier alpha value is -2.44. The third kappa shape index (κ3) is 5.27. The van der Waals surface area contributed by atoms with Gasteiger partial charge in [0.15, 0.2) is 0 Å². The quantitative estimate of drug-likeness (QED) is 0.678. The molecule has 6 nitrogen and oxygen atoms in total. The van der Waals surface area contributed by atoms with Crippen LogP contribution in [0.4, 0.5) is 0 Å². The summed E-state index contributed by atoms with van der Waals surface area (Å²) in [6.07, 6.45) is 0.599. The van der Waals surface area contributed by atoms with E-state index in [9.17, 15) is 15.0 Å². The summed E-state index contributed by atoms with van der Waals surface area (Å²) in [7, 11) is 0. The highest BCUT2D eigenvalue weighted by atomic mass is 16.5. The molecule has 2 atom stereocenters. The van der Waals surface area contributed by atoms with Crippen molar-refractivity contribution >= 4 is 5.91 Å². The average molecular weight is 344 g/mol. The highest BCUT2D eigenvalue weighted by Crippen LogP contribution is 2.22. The van der Waals surface area contributed by atoms with Gasteiger partial charge in [0.05, 0.1) is 31.4 Å². The molecule has 0 saturated carbocycles. The van der Waals surface area contributed by atoms with Crippen molar-refractivity contribution in [1.29, 1.82) is 0 Å². The second-order valence-corrected chi connectivity index (χ2v) is 5.88. The van der Waals surface area contributed by atoms with Crippen molar-refractivity contribution in [2.24, 2.45) is 0 Å². The van der Waals surface area contributed by atoms with E-state index in [1.54, 1.807) is 24.4 Å². The van der Waals surface area contributed by atoms with Gasteiger partial charge in [0.2, 0.25) is 5.91 Å². The minimum absolute atomic E-state index is 0.124. The molecule has 1 aromatic carbocycles. The first-order chi connectivity index (χ1) is 12.0. The molecule has 0 aliphatic rings. The Morgan fingerprint density at radius 3 is 2.52 bits per heavy atom. The fourth-order valence-corrected chi connectivity index (χ4v) is 2.53. The molecule has 0 aliphatic carbocycles. The number of hydrogen-bond donors (Lipinski definition) is 3. The number of hydrogen-bond acceptors (Lipinski definition) is 5. The number of ether oxygens (including phenoxy) is 1. The normalized spacial score (nSPS) is 13.1. The van der Waals surface area contributed by atoms with Crippen molar-refractivity contribution < 1.29 is 19.7 Å². The fourth-order valence-electron chi connectivity index (χ4n) is 2.53. The summed E-state index contributed by atoms with van der Waals surface area (Å²) in [5.74, 6) is 0.475. The van der Waals surface area contributed by atoms with E-state index in [1.807, 2.05) is 32.0 Å². The van der Waals surface area contributed by atoms with Gasteiger partial charge in [-0.05, 0) is 37.1 Å². The van der Waals surface area contributed by atoms with Crippen LogP contribution in [0.3, 0.4) is 0 Å². The molecule has 6 heteroatoms. The number of aliphatic hydroxyl groups excluding tert-OH is 2. The highest BCUT2D eigenvalue weighted by molar-refractivity contribution is 5.76. The first kappa shape index (κ1) is 18.9. The summed E-state index contributed by atoms with van der Waals surface area (Å²) >= 11 is 0. The number of carbonyl (C=O) groups excluding carboxylic acids is 1. The molecule has 1 amide bonds. The first-order valence-corrected chi connectivity index (χ1v) is 8.21. The summed E-state index contributed by atoms with van der Waals surface area (Å²) in [4.78, 5) is 16.1. The van der Waals surface area contributed by atoms with Gasteiger partial charge in [-0.3, -0.25) is 9.78 Å². The number of aryl methyl sites for hydroxylation is 2. The van der Waals surface area contributed by atoms with E-state index in [0.29, 0.717) is 5.69 Å².